The highest BCUT2D eigenvalue weighted by Gasteiger charge is 2.11. The predicted octanol–water partition coefficient (Wildman–Crippen LogP) is 4.48. The van der Waals surface area contributed by atoms with E-state index in [9.17, 15) is 18.0 Å². The number of carbonyl (C=O) groups is 1. The number of carbonyl (C=O) groups excluding carboxylic acids is 1. The highest BCUT2D eigenvalue weighted by molar-refractivity contribution is 6.14. The molecular weight excluding hydrogens is 291 g/mol. The third-order valence-electron chi connectivity index (χ3n) is 3.30. The van der Waals surface area contributed by atoms with E-state index in [0.29, 0.717) is 16.5 Å². The Labute approximate surface area is 123 Å². The smallest absolute Gasteiger partial charge is 0.188 e. The fraction of sp³-hybridized carbons (Fsp3) is 0. The van der Waals surface area contributed by atoms with Crippen LogP contribution in [0, 0.1) is 17.5 Å². The molecule has 0 aliphatic heterocycles. The van der Waals surface area contributed by atoms with E-state index in [2.05, 4.69) is 4.98 Å². The van der Waals surface area contributed by atoms with E-state index in [1.165, 1.54) is 42.6 Å². The number of allylic oxidation sites excluding steroid dienone is 1. The highest BCUT2D eigenvalue weighted by atomic mass is 19.2. The summed E-state index contributed by atoms with van der Waals surface area (Å²) in [7, 11) is 0. The summed E-state index contributed by atoms with van der Waals surface area (Å²) in [4.78, 5) is 15.0. The Kier molecular flexibility index (Phi) is 3.55. The largest absolute Gasteiger partial charge is 0.360 e. The van der Waals surface area contributed by atoms with Crippen LogP contribution in [0.15, 0.2) is 48.7 Å². The summed E-state index contributed by atoms with van der Waals surface area (Å²) in [5, 5.41) is 0.566. The summed E-state index contributed by atoms with van der Waals surface area (Å²) < 4.78 is 39.7. The lowest BCUT2D eigenvalue weighted by Crippen LogP contribution is -1.93. The number of halogens is 3. The molecule has 2 nitrogen and oxygen atoms in total. The third-order valence-corrected chi connectivity index (χ3v) is 3.30. The number of benzene rings is 2. The van der Waals surface area contributed by atoms with Crippen molar-refractivity contribution >= 4 is 22.8 Å². The zero-order chi connectivity index (χ0) is 15.7. The van der Waals surface area contributed by atoms with Crippen LogP contribution in [0.3, 0.4) is 0 Å². The molecule has 1 aromatic heterocycles. The number of aromatic amines is 1. The molecule has 0 bridgehead atoms. The molecule has 0 amide bonds. The first-order valence-corrected chi connectivity index (χ1v) is 6.49. The van der Waals surface area contributed by atoms with Gasteiger partial charge in [-0.25, -0.2) is 13.2 Å². The molecule has 0 unspecified atom stereocenters. The maximum atomic E-state index is 13.5. The van der Waals surface area contributed by atoms with Crippen molar-refractivity contribution in [1.82, 2.24) is 4.98 Å². The van der Waals surface area contributed by atoms with Crippen molar-refractivity contribution < 1.29 is 18.0 Å². The summed E-state index contributed by atoms with van der Waals surface area (Å²) >= 11 is 0. The molecule has 0 aliphatic carbocycles. The van der Waals surface area contributed by atoms with Gasteiger partial charge in [-0.15, -0.1) is 0 Å². The van der Waals surface area contributed by atoms with Crippen molar-refractivity contribution in [3.8, 4) is 0 Å². The van der Waals surface area contributed by atoms with Crippen molar-refractivity contribution in [1.29, 1.82) is 0 Å². The molecule has 0 atom stereocenters. The minimum Gasteiger partial charge on any atom is -0.360 e. The van der Waals surface area contributed by atoms with E-state index in [4.69, 9.17) is 0 Å². The van der Waals surface area contributed by atoms with Crippen LogP contribution in [0.4, 0.5) is 13.2 Å². The standard InChI is InChI=1S/C17H10F3NO/c18-11-5-6-12-13(9-21-15(12)8-11)16(22)7-4-10-2-1-3-14(19)17(10)20/h1-9,21H/b7-4+. The Morgan fingerprint density at radius 3 is 2.73 bits per heavy atom. The van der Waals surface area contributed by atoms with Gasteiger partial charge in [0.05, 0.1) is 0 Å². The maximum Gasteiger partial charge on any atom is 0.188 e. The van der Waals surface area contributed by atoms with Gasteiger partial charge in [0.25, 0.3) is 0 Å². The number of rotatable bonds is 3. The first kappa shape index (κ1) is 14.1. The highest BCUT2D eigenvalue weighted by Crippen LogP contribution is 2.20. The van der Waals surface area contributed by atoms with E-state index in [0.717, 1.165) is 12.1 Å². The van der Waals surface area contributed by atoms with E-state index in [-0.39, 0.29) is 11.3 Å². The normalized spacial score (nSPS) is 11.4. The van der Waals surface area contributed by atoms with Gasteiger partial charge < -0.3 is 4.98 Å². The van der Waals surface area contributed by atoms with Crippen LogP contribution >= 0.6 is 0 Å². The molecule has 110 valence electrons. The zero-order valence-corrected chi connectivity index (χ0v) is 11.2. The second kappa shape index (κ2) is 5.52. The van der Waals surface area contributed by atoms with Crippen molar-refractivity contribution in [3.05, 3.63) is 77.2 Å². The lowest BCUT2D eigenvalue weighted by molar-refractivity contribution is 0.104. The third kappa shape index (κ3) is 2.53. The SMILES string of the molecule is O=C(/C=C/c1cccc(F)c1F)c1c[nH]c2cc(F)ccc12. The van der Waals surface area contributed by atoms with E-state index >= 15 is 0 Å². The average molecular weight is 301 g/mol. The van der Waals surface area contributed by atoms with Crippen molar-refractivity contribution in [2.75, 3.05) is 0 Å². The first-order chi connectivity index (χ1) is 10.6. The monoisotopic (exact) mass is 301 g/mol. The summed E-state index contributed by atoms with van der Waals surface area (Å²) in [6, 6.07) is 7.75. The second-order valence-corrected chi connectivity index (χ2v) is 4.73. The van der Waals surface area contributed by atoms with Crippen LogP contribution in [0.5, 0.6) is 0 Å². The van der Waals surface area contributed by atoms with Gasteiger partial charge in [-0.05, 0) is 36.4 Å². The van der Waals surface area contributed by atoms with Crippen LogP contribution in [-0.4, -0.2) is 10.8 Å². The molecule has 0 fully saturated rings. The van der Waals surface area contributed by atoms with Crippen LogP contribution in [0.1, 0.15) is 15.9 Å². The number of nitrogens with one attached hydrogen (secondary N) is 1. The van der Waals surface area contributed by atoms with Gasteiger partial charge in [-0.2, -0.15) is 0 Å². The van der Waals surface area contributed by atoms with E-state index in [1.807, 2.05) is 0 Å². The van der Waals surface area contributed by atoms with Crippen molar-refractivity contribution in [2.45, 2.75) is 0 Å². The molecule has 22 heavy (non-hydrogen) atoms. The first-order valence-electron chi connectivity index (χ1n) is 6.49. The molecule has 0 radical (unpaired) electrons. The molecule has 3 rings (SSSR count). The minimum absolute atomic E-state index is 0.0146. The molecule has 3 aromatic rings. The number of H-pyrrole nitrogens is 1. The molecular formula is C17H10F3NO. The lowest BCUT2D eigenvalue weighted by Gasteiger charge is -1.98. The number of hydrogen-bond donors (Lipinski definition) is 1. The molecule has 1 heterocycles. The Balaban J connectivity index is 1.93. The number of fused-ring (bicyclic) bond motifs is 1. The van der Waals surface area contributed by atoms with Crippen LogP contribution in [-0.2, 0) is 0 Å². The van der Waals surface area contributed by atoms with Gasteiger partial charge in [0.2, 0.25) is 0 Å². The van der Waals surface area contributed by atoms with E-state index < -0.39 is 17.5 Å². The molecule has 0 saturated carbocycles. The maximum absolute atomic E-state index is 13.5. The van der Waals surface area contributed by atoms with Gasteiger partial charge in [0, 0.05) is 28.2 Å². The van der Waals surface area contributed by atoms with Gasteiger partial charge in [0.15, 0.2) is 17.4 Å². The lowest BCUT2D eigenvalue weighted by atomic mass is 10.1. The summed E-state index contributed by atoms with van der Waals surface area (Å²) in [5.41, 5.74) is 0.816. The molecule has 0 spiro atoms. The van der Waals surface area contributed by atoms with Gasteiger partial charge in [-0.1, -0.05) is 12.1 Å². The molecule has 2 aromatic carbocycles. The molecule has 0 saturated heterocycles. The quantitative estimate of drug-likeness (QED) is 0.561. The molecule has 0 aliphatic rings. The predicted molar refractivity (Wildman–Crippen MR) is 78.0 cm³/mol. The number of hydrogen-bond acceptors (Lipinski definition) is 1. The van der Waals surface area contributed by atoms with Crippen molar-refractivity contribution in [2.24, 2.45) is 0 Å². The van der Waals surface area contributed by atoms with Gasteiger partial charge in [-0.3, -0.25) is 4.79 Å². The Morgan fingerprint density at radius 2 is 1.91 bits per heavy atom. The summed E-state index contributed by atoms with van der Waals surface area (Å²) in [6.07, 6.45) is 3.83. The Hall–Kier alpha value is -2.82. The van der Waals surface area contributed by atoms with Crippen molar-refractivity contribution in [3.63, 3.8) is 0 Å². The van der Waals surface area contributed by atoms with E-state index in [1.54, 1.807) is 0 Å². The Bertz CT molecular complexity index is 896. The Morgan fingerprint density at radius 1 is 1.09 bits per heavy atom. The second-order valence-electron chi connectivity index (χ2n) is 4.73. The van der Waals surface area contributed by atoms with Gasteiger partial charge >= 0.3 is 0 Å². The van der Waals surface area contributed by atoms with Crippen LogP contribution in [0.2, 0.25) is 0 Å². The average Bonchev–Trinajstić information content (AvgIpc) is 2.91. The van der Waals surface area contributed by atoms with Crippen LogP contribution in [0.25, 0.3) is 17.0 Å². The number of ketones is 1. The molecule has 5 heteroatoms. The van der Waals surface area contributed by atoms with Gasteiger partial charge in [0.1, 0.15) is 5.82 Å². The zero-order valence-electron chi connectivity index (χ0n) is 11.2. The molecule has 1 N–H and O–H groups in total. The minimum atomic E-state index is -1.01. The van der Waals surface area contributed by atoms with Crippen LogP contribution < -0.4 is 0 Å². The fourth-order valence-electron chi connectivity index (χ4n) is 2.21. The summed E-state index contributed by atoms with van der Waals surface area (Å²) in [6.45, 7) is 0. The fourth-order valence-corrected chi connectivity index (χ4v) is 2.21. The topological polar surface area (TPSA) is 32.9 Å². The number of aromatic nitrogens is 1. The summed E-state index contributed by atoms with van der Waals surface area (Å²) in [5.74, 6) is -2.78.